The smallest absolute Gasteiger partial charge is 0.221 e. The number of carbonyl (C=O) groups is 1. The summed E-state index contributed by atoms with van der Waals surface area (Å²) in [5.41, 5.74) is 3.32. The number of amides is 1. The summed E-state index contributed by atoms with van der Waals surface area (Å²) in [4.78, 5) is 15.4. The van der Waals surface area contributed by atoms with Crippen molar-refractivity contribution in [3.05, 3.63) is 102 Å². The van der Waals surface area contributed by atoms with E-state index in [1.165, 1.54) is 0 Å². The Morgan fingerprint density at radius 3 is 2.23 bits per heavy atom. The van der Waals surface area contributed by atoms with Crippen LogP contribution < -0.4 is 5.32 Å². The lowest BCUT2D eigenvalue weighted by Crippen LogP contribution is -2.36. The minimum atomic E-state index is -0.108. The van der Waals surface area contributed by atoms with E-state index in [-0.39, 0.29) is 11.9 Å². The highest BCUT2D eigenvalue weighted by molar-refractivity contribution is 5.77. The molecule has 1 fully saturated rings. The number of hydrogen-bond donors (Lipinski definition) is 1. The van der Waals surface area contributed by atoms with E-state index in [0.717, 1.165) is 49.2 Å². The first-order valence-corrected chi connectivity index (χ1v) is 11.1. The minimum Gasteiger partial charge on any atom is -0.472 e. The SMILES string of the molecule is O=C(CC1CCN(C/C=C/c2ccoc2)CC1)NC(c1ccccc1)c1ccccc1. The second-order valence-corrected chi connectivity index (χ2v) is 8.23. The highest BCUT2D eigenvalue weighted by atomic mass is 16.3. The molecule has 160 valence electrons. The van der Waals surface area contributed by atoms with Crippen LogP contribution in [0.1, 0.15) is 42.0 Å². The molecule has 0 atom stereocenters. The molecule has 1 aliphatic rings. The van der Waals surface area contributed by atoms with Gasteiger partial charge in [-0.2, -0.15) is 0 Å². The first kappa shape index (κ1) is 21.1. The zero-order valence-electron chi connectivity index (χ0n) is 17.8. The van der Waals surface area contributed by atoms with E-state index < -0.39 is 0 Å². The van der Waals surface area contributed by atoms with Gasteiger partial charge in [-0.1, -0.05) is 72.8 Å². The van der Waals surface area contributed by atoms with Crippen LogP contribution in [-0.4, -0.2) is 30.4 Å². The molecule has 31 heavy (non-hydrogen) atoms. The standard InChI is InChI=1S/C27H30N2O2/c30-26(28-27(24-9-3-1-4-10-24)25-11-5-2-6-12-25)20-22-13-17-29(18-14-22)16-7-8-23-15-19-31-21-23/h1-12,15,19,21-22,27H,13-14,16-18,20H2,(H,28,30)/b8-7+. The summed E-state index contributed by atoms with van der Waals surface area (Å²) in [7, 11) is 0. The lowest BCUT2D eigenvalue weighted by molar-refractivity contribution is -0.122. The van der Waals surface area contributed by atoms with E-state index in [4.69, 9.17) is 4.42 Å². The largest absolute Gasteiger partial charge is 0.472 e. The number of carbonyl (C=O) groups excluding carboxylic acids is 1. The maximum Gasteiger partial charge on any atom is 0.221 e. The number of nitrogens with zero attached hydrogens (tertiary/aromatic N) is 1. The van der Waals surface area contributed by atoms with Crippen LogP contribution in [0.5, 0.6) is 0 Å². The predicted molar refractivity (Wildman–Crippen MR) is 124 cm³/mol. The van der Waals surface area contributed by atoms with Crippen molar-refractivity contribution in [3.8, 4) is 0 Å². The van der Waals surface area contributed by atoms with E-state index >= 15 is 0 Å². The Balaban J connectivity index is 1.28. The van der Waals surface area contributed by atoms with E-state index in [1.807, 2.05) is 42.5 Å². The molecule has 4 heteroatoms. The van der Waals surface area contributed by atoms with Crippen LogP contribution in [-0.2, 0) is 4.79 Å². The zero-order valence-corrected chi connectivity index (χ0v) is 17.8. The average molecular weight is 415 g/mol. The maximum atomic E-state index is 12.9. The lowest BCUT2D eigenvalue weighted by atomic mass is 9.92. The first-order chi connectivity index (χ1) is 15.3. The molecule has 4 rings (SSSR count). The molecule has 1 aliphatic heterocycles. The van der Waals surface area contributed by atoms with Crippen molar-refractivity contribution >= 4 is 12.0 Å². The van der Waals surface area contributed by atoms with Gasteiger partial charge in [-0.3, -0.25) is 9.69 Å². The molecule has 0 aliphatic carbocycles. The Kier molecular flexibility index (Phi) is 7.35. The van der Waals surface area contributed by atoms with Crippen molar-refractivity contribution in [3.63, 3.8) is 0 Å². The fourth-order valence-corrected chi connectivity index (χ4v) is 4.21. The van der Waals surface area contributed by atoms with Crippen LogP contribution in [0.2, 0.25) is 0 Å². The summed E-state index contributed by atoms with van der Waals surface area (Å²) in [6, 6.07) is 22.3. The van der Waals surface area contributed by atoms with Gasteiger partial charge in [-0.25, -0.2) is 0 Å². The summed E-state index contributed by atoms with van der Waals surface area (Å²) in [6.07, 6.45) is 10.4. The van der Waals surface area contributed by atoms with Crippen molar-refractivity contribution in [2.75, 3.05) is 19.6 Å². The number of benzene rings is 2. The van der Waals surface area contributed by atoms with Gasteiger partial charge >= 0.3 is 0 Å². The molecule has 0 bridgehead atoms. The fraction of sp³-hybridized carbons (Fsp3) is 0.296. The van der Waals surface area contributed by atoms with E-state index in [1.54, 1.807) is 12.5 Å². The molecule has 2 heterocycles. The topological polar surface area (TPSA) is 45.5 Å². The second-order valence-electron chi connectivity index (χ2n) is 8.23. The van der Waals surface area contributed by atoms with Crippen molar-refractivity contribution in [2.45, 2.75) is 25.3 Å². The quantitative estimate of drug-likeness (QED) is 0.544. The van der Waals surface area contributed by atoms with Crippen molar-refractivity contribution < 1.29 is 9.21 Å². The predicted octanol–water partition coefficient (Wildman–Crippen LogP) is 5.30. The monoisotopic (exact) mass is 414 g/mol. The average Bonchev–Trinajstić information content (AvgIpc) is 3.33. The number of hydrogen-bond acceptors (Lipinski definition) is 3. The van der Waals surface area contributed by atoms with Gasteiger partial charge in [-0.05, 0) is 49.0 Å². The third-order valence-corrected chi connectivity index (χ3v) is 5.97. The third kappa shape index (κ3) is 6.19. The normalized spacial score (nSPS) is 15.5. The molecular formula is C27H30N2O2. The highest BCUT2D eigenvalue weighted by Crippen LogP contribution is 2.24. The van der Waals surface area contributed by atoms with E-state index in [9.17, 15) is 4.79 Å². The van der Waals surface area contributed by atoms with Crippen LogP contribution >= 0.6 is 0 Å². The Bertz CT molecular complexity index is 904. The Morgan fingerprint density at radius 2 is 1.65 bits per heavy atom. The molecule has 0 radical (unpaired) electrons. The van der Waals surface area contributed by atoms with Gasteiger partial charge in [0, 0.05) is 18.5 Å². The molecular weight excluding hydrogens is 384 g/mol. The molecule has 1 N–H and O–H groups in total. The van der Waals surface area contributed by atoms with Crippen molar-refractivity contribution in [2.24, 2.45) is 5.92 Å². The Labute approximate surface area is 184 Å². The molecule has 1 aromatic heterocycles. The highest BCUT2D eigenvalue weighted by Gasteiger charge is 2.23. The van der Waals surface area contributed by atoms with E-state index in [0.29, 0.717) is 12.3 Å². The van der Waals surface area contributed by atoms with Crippen LogP contribution in [0.25, 0.3) is 6.08 Å². The molecule has 2 aromatic carbocycles. The van der Waals surface area contributed by atoms with Gasteiger partial charge < -0.3 is 9.73 Å². The van der Waals surface area contributed by atoms with Crippen LogP contribution in [0.4, 0.5) is 0 Å². The number of likely N-dealkylation sites (tertiary alicyclic amines) is 1. The van der Waals surface area contributed by atoms with Crippen molar-refractivity contribution in [1.82, 2.24) is 10.2 Å². The summed E-state index contributed by atoms with van der Waals surface area (Å²) in [5.74, 6) is 0.581. The molecule has 1 saturated heterocycles. The first-order valence-electron chi connectivity index (χ1n) is 11.1. The summed E-state index contributed by atoms with van der Waals surface area (Å²) in [5, 5.41) is 3.29. The summed E-state index contributed by atoms with van der Waals surface area (Å²) in [6.45, 7) is 3.01. The van der Waals surface area contributed by atoms with Gasteiger partial charge in [0.1, 0.15) is 0 Å². The number of furan rings is 1. The third-order valence-electron chi connectivity index (χ3n) is 5.97. The maximum absolute atomic E-state index is 12.9. The van der Waals surface area contributed by atoms with Crippen LogP contribution in [0.3, 0.4) is 0 Å². The molecule has 1 amide bonds. The number of rotatable bonds is 8. The van der Waals surface area contributed by atoms with Gasteiger partial charge in [0.05, 0.1) is 18.6 Å². The number of nitrogens with one attached hydrogen (secondary N) is 1. The molecule has 3 aromatic rings. The number of piperidine rings is 1. The van der Waals surface area contributed by atoms with Crippen molar-refractivity contribution in [1.29, 1.82) is 0 Å². The van der Waals surface area contributed by atoms with Gasteiger partial charge in [0.25, 0.3) is 0 Å². The molecule has 4 nitrogen and oxygen atoms in total. The molecule has 0 spiro atoms. The van der Waals surface area contributed by atoms with Gasteiger partial charge in [0.15, 0.2) is 0 Å². The minimum absolute atomic E-state index is 0.108. The fourth-order valence-electron chi connectivity index (χ4n) is 4.21. The Morgan fingerprint density at radius 1 is 1.00 bits per heavy atom. The van der Waals surface area contributed by atoms with Gasteiger partial charge in [-0.15, -0.1) is 0 Å². The summed E-state index contributed by atoms with van der Waals surface area (Å²) >= 11 is 0. The van der Waals surface area contributed by atoms with E-state index in [2.05, 4.69) is 46.6 Å². The summed E-state index contributed by atoms with van der Waals surface area (Å²) < 4.78 is 5.09. The zero-order chi connectivity index (χ0) is 21.3. The molecule has 0 unspecified atom stereocenters. The van der Waals surface area contributed by atoms with Crippen LogP contribution in [0, 0.1) is 5.92 Å². The Hall–Kier alpha value is -3.11. The van der Waals surface area contributed by atoms with Crippen LogP contribution in [0.15, 0.2) is 89.7 Å². The lowest BCUT2D eigenvalue weighted by Gasteiger charge is -2.31. The molecule has 0 saturated carbocycles. The van der Waals surface area contributed by atoms with Gasteiger partial charge in [0.2, 0.25) is 5.91 Å². The second kappa shape index (κ2) is 10.8.